The summed E-state index contributed by atoms with van der Waals surface area (Å²) in [5.74, 6) is 0.798. The number of ether oxygens (including phenoxy) is 4. The van der Waals surface area contributed by atoms with Gasteiger partial charge < -0.3 is 24.3 Å². The predicted molar refractivity (Wildman–Crippen MR) is 119 cm³/mol. The average molecular weight is 441 g/mol. The summed E-state index contributed by atoms with van der Waals surface area (Å²) < 4.78 is 21.2. The van der Waals surface area contributed by atoms with Gasteiger partial charge in [0, 0.05) is 24.6 Å². The van der Waals surface area contributed by atoms with E-state index in [4.69, 9.17) is 18.9 Å². The van der Waals surface area contributed by atoms with Gasteiger partial charge in [-0.25, -0.2) is 4.79 Å². The number of benzene rings is 2. The Morgan fingerprint density at radius 2 is 1.69 bits per heavy atom. The van der Waals surface area contributed by atoms with Crippen LogP contribution < -0.4 is 24.5 Å². The number of hydrazone groups is 1. The van der Waals surface area contributed by atoms with Crippen molar-refractivity contribution in [3.05, 3.63) is 48.0 Å². The molecule has 9 heteroatoms. The summed E-state index contributed by atoms with van der Waals surface area (Å²) in [6.45, 7) is 2.15. The Hall–Kier alpha value is -3.75. The second-order valence-electron chi connectivity index (χ2n) is 6.90. The number of amides is 1. The number of anilines is 1. The smallest absolute Gasteiger partial charge is 0.354 e. The molecule has 170 valence electrons. The average Bonchev–Trinajstić information content (AvgIpc) is 3.28. The van der Waals surface area contributed by atoms with E-state index in [1.54, 1.807) is 31.2 Å². The second-order valence-corrected chi connectivity index (χ2v) is 6.90. The number of carbonyl (C=O) groups excluding carboxylic acids is 2. The quantitative estimate of drug-likeness (QED) is 0.597. The van der Waals surface area contributed by atoms with Crippen LogP contribution >= 0.6 is 0 Å². The third kappa shape index (κ3) is 4.93. The molecule has 0 saturated heterocycles. The van der Waals surface area contributed by atoms with Gasteiger partial charge in [0.15, 0.2) is 11.5 Å². The lowest BCUT2D eigenvalue weighted by atomic mass is 10.1. The zero-order valence-electron chi connectivity index (χ0n) is 18.6. The summed E-state index contributed by atoms with van der Waals surface area (Å²) in [5, 5.41) is 8.83. The number of esters is 1. The lowest BCUT2D eigenvalue weighted by Gasteiger charge is -2.23. The van der Waals surface area contributed by atoms with Gasteiger partial charge in [-0.2, -0.15) is 5.10 Å². The Morgan fingerprint density at radius 3 is 2.31 bits per heavy atom. The van der Waals surface area contributed by atoms with E-state index < -0.39 is 12.0 Å². The van der Waals surface area contributed by atoms with Gasteiger partial charge in [-0.15, -0.1) is 0 Å². The minimum absolute atomic E-state index is 0.141. The Kier molecular flexibility index (Phi) is 7.54. The zero-order chi connectivity index (χ0) is 23.1. The highest BCUT2D eigenvalue weighted by molar-refractivity contribution is 6.38. The summed E-state index contributed by atoms with van der Waals surface area (Å²) in [7, 11) is 4.62. The highest BCUT2D eigenvalue weighted by Gasteiger charge is 2.36. The molecule has 1 N–H and O–H groups in total. The van der Waals surface area contributed by atoms with Crippen molar-refractivity contribution in [1.29, 1.82) is 0 Å². The summed E-state index contributed by atoms with van der Waals surface area (Å²) in [4.78, 5) is 25.4. The molecule has 32 heavy (non-hydrogen) atoms. The van der Waals surface area contributed by atoms with E-state index >= 15 is 0 Å². The Balaban J connectivity index is 1.80. The minimum atomic E-state index is -0.692. The van der Waals surface area contributed by atoms with Crippen LogP contribution in [0, 0.1) is 0 Å². The number of carbonyl (C=O) groups is 2. The first-order chi connectivity index (χ1) is 15.5. The van der Waals surface area contributed by atoms with E-state index in [0.29, 0.717) is 28.5 Å². The molecular weight excluding hydrogens is 414 g/mol. The molecule has 0 spiro atoms. The van der Waals surface area contributed by atoms with Crippen molar-refractivity contribution in [2.45, 2.75) is 25.9 Å². The molecule has 1 amide bonds. The normalized spacial score (nSPS) is 15.1. The fraction of sp³-hybridized carbons (Fsp3) is 0.348. The van der Waals surface area contributed by atoms with E-state index in [2.05, 4.69) is 10.4 Å². The van der Waals surface area contributed by atoms with Crippen molar-refractivity contribution in [1.82, 2.24) is 5.32 Å². The van der Waals surface area contributed by atoms with E-state index in [0.717, 1.165) is 0 Å². The first kappa shape index (κ1) is 22.9. The molecule has 0 fully saturated rings. The van der Waals surface area contributed by atoms with Crippen LogP contribution in [0.5, 0.6) is 17.2 Å². The van der Waals surface area contributed by atoms with Crippen molar-refractivity contribution in [2.24, 2.45) is 5.10 Å². The third-order valence-electron chi connectivity index (χ3n) is 4.98. The molecule has 1 aliphatic rings. The summed E-state index contributed by atoms with van der Waals surface area (Å²) in [6.07, 6.45) is 0.141. The van der Waals surface area contributed by atoms with E-state index in [1.165, 1.54) is 14.2 Å². The first-order valence-electron chi connectivity index (χ1n) is 10.2. The van der Waals surface area contributed by atoms with Gasteiger partial charge in [0.25, 0.3) is 0 Å². The third-order valence-corrected chi connectivity index (χ3v) is 4.98. The molecule has 1 unspecified atom stereocenters. The molecule has 9 nitrogen and oxygen atoms in total. The number of nitrogens with zero attached hydrogens (tertiary/aromatic N) is 2. The molecule has 1 aliphatic heterocycles. The fourth-order valence-corrected chi connectivity index (χ4v) is 3.40. The van der Waals surface area contributed by atoms with Crippen LogP contribution in [0.1, 0.15) is 18.9 Å². The molecule has 3 rings (SSSR count). The monoisotopic (exact) mass is 441 g/mol. The maximum Gasteiger partial charge on any atom is 0.354 e. The van der Waals surface area contributed by atoms with Crippen LogP contribution in [-0.4, -0.2) is 51.6 Å². The Bertz CT molecular complexity index is 993. The largest absolute Gasteiger partial charge is 0.496 e. The molecule has 0 aliphatic carbocycles. The molecule has 2 aromatic rings. The standard InChI is InChI=1S/C23H27N3O6/c1-5-32-23(28)17-12-18(26(25-17)16-9-7-6-8-10-16)22(27)24-14-15-11-20(30-3)21(31-4)13-19(15)29-2/h6-11,13,18H,5,12,14H2,1-4H3,(H,24,27). The summed E-state index contributed by atoms with van der Waals surface area (Å²) in [6, 6.07) is 12.0. The van der Waals surface area contributed by atoms with E-state index in [-0.39, 0.29) is 31.2 Å². The number of hydrogen-bond donors (Lipinski definition) is 1. The van der Waals surface area contributed by atoms with Crippen LogP contribution in [0.25, 0.3) is 0 Å². The van der Waals surface area contributed by atoms with Gasteiger partial charge in [0.1, 0.15) is 17.5 Å². The number of rotatable bonds is 9. The first-order valence-corrected chi connectivity index (χ1v) is 10.2. The van der Waals surface area contributed by atoms with Gasteiger partial charge in [-0.05, 0) is 25.1 Å². The SMILES string of the molecule is CCOC(=O)C1=NN(c2ccccc2)C(C(=O)NCc2cc(OC)c(OC)cc2OC)C1. The van der Waals surface area contributed by atoms with E-state index in [1.807, 2.05) is 30.3 Å². The van der Waals surface area contributed by atoms with Crippen molar-refractivity contribution in [3.63, 3.8) is 0 Å². The molecular formula is C23H27N3O6. The maximum absolute atomic E-state index is 13.1. The molecule has 2 aromatic carbocycles. The van der Waals surface area contributed by atoms with Gasteiger partial charge >= 0.3 is 5.97 Å². The Morgan fingerprint density at radius 1 is 1.03 bits per heavy atom. The number of hydrogen-bond acceptors (Lipinski definition) is 8. The highest BCUT2D eigenvalue weighted by atomic mass is 16.5. The lowest BCUT2D eigenvalue weighted by molar-refractivity contribution is -0.135. The van der Waals surface area contributed by atoms with Gasteiger partial charge in [-0.3, -0.25) is 9.80 Å². The van der Waals surface area contributed by atoms with E-state index in [9.17, 15) is 9.59 Å². The topological polar surface area (TPSA) is 98.7 Å². The van der Waals surface area contributed by atoms with Crippen LogP contribution in [-0.2, 0) is 20.9 Å². The van der Waals surface area contributed by atoms with Gasteiger partial charge in [0.2, 0.25) is 5.91 Å². The molecule has 0 bridgehead atoms. The van der Waals surface area contributed by atoms with Crippen molar-refractivity contribution in [3.8, 4) is 17.2 Å². The maximum atomic E-state index is 13.1. The fourth-order valence-electron chi connectivity index (χ4n) is 3.40. The molecule has 0 saturated carbocycles. The second kappa shape index (κ2) is 10.5. The molecule has 1 heterocycles. The lowest BCUT2D eigenvalue weighted by Crippen LogP contribution is -2.42. The predicted octanol–water partition coefficient (Wildman–Crippen LogP) is 2.53. The highest BCUT2D eigenvalue weighted by Crippen LogP contribution is 2.34. The molecule has 1 atom stereocenters. The van der Waals surface area contributed by atoms with Crippen molar-refractivity contribution < 1.29 is 28.5 Å². The van der Waals surface area contributed by atoms with Gasteiger partial charge in [-0.1, -0.05) is 18.2 Å². The van der Waals surface area contributed by atoms with Crippen LogP contribution in [0.3, 0.4) is 0 Å². The Labute approximate surface area is 186 Å². The summed E-state index contributed by atoms with van der Waals surface area (Å²) in [5.41, 5.74) is 1.63. The minimum Gasteiger partial charge on any atom is -0.496 e. The number of methoxy groups -OCH3 is 3. The van der Waals surface area contributed by atoms with Crippen molar-refractivity contribution in [2.75, 3.05) is 32.9 Å². The van der Waals surface area contributed by atoms with Crippen LogP contribution in [0.2, 0.25) is 0 Å². The van der Waals surface area contributed by atoms with Crippen molar-refractivity contribution >= 4 is 23.3 Å². The number of nitrogens with one attached hydrogen (secondary N) is 1. The van der Waals surface area contributed by atoms with Crippen LogP contribution in [0.15, 0.2) is 47.6 Å². The summed E-state index contributed by atoms with van der Waals surface area (Å²) >= 11 is 0. The zero-order valence-corrected chi connectivity index (χ0v) is 18.6. The van der Waals surface area contributed by atoms with Crippen LogP contribution in [0.4, 0.5) is 5.69 Å². The van der Waals surface area contributed by atoms with Gasteiger partial charge in [0.05, 0.1) is 33.6 Å². The number of para-hydroxylation sites is 1. The molecule has 0 aromatic heterocycles. The molecule has 0 radical (unpaired) electrons.